The number of fused-ring (bicyclic) bond motifs is 1. The van der Waals surface area contributed by atoms with Crippen LogP contribution in [-0.2, 0) is 12.8 Å². The van der Waals surface area contributed by atoms with Crippen molar-refractivity contribution in [1.82, 2.24) is 20.1 Å². The highest BCUT2D eigenvalue weighted by atomic mass is 32.1. The zero-order valence-corrected chi connectivity index (χ0v) is 14.7. The molecule has 4 rings (SSSR count). The third-order valence-corrected chi connectivity index (χ3v) is 6.43. The molecule has 0 saturated carbocycles. The third-order valence-electron chi connectivity index (χ3n) is 5.11. The van der Waals surface area contributed by atoms with Crippen LogP contribution in [0.1, 0.15) is 71.9 Å². The molecule has 2 aromatic rings. The van der Waals surface area contributed by atoms with Crippen LogP contribution in [0.3, 0.4) is 0 Å². The Morgan fingerprint density at radius 1 is 1.22 bits per heavy atom. The van der Waals surface area contributed by atoms with Crippen molar-refractivity contribution in [2.75, 3.05) is 13.1 Å². The van der Waals surface area contributed by atoms with E-state index in [0.717, 1.165) is 19.0 Å². The van der Waals surface area contributed by atoms with E-state index in [2.05, 4.69) is 22.0 Å². The summed E-state index contributed by atoms with van der Waals surface area (Å²) in [4.78, 5) is 9.00. The molecule has 2 atom stereocenters. The number of piperidine rings is 1. The average molecular weight is 332 g/mol. The second-order valence-corrected chi connectivity index (χ2v) is 7.91. The molecule has 0 N–H and O–H groups in total. The van der Waals surface area contributed by atoms with E-state index in [4.69, 9.17) is 9.40 Å². The minimum atomic E-state index is 0.189. The highest BCUT2D eigenvalue weighted by molar-refractivity contribution is 7.11. The van der Waals surface area contributed by atoms with Gasteiger partial charge in [0, 0.05) is 24.3 Å². The van der Waals surface area contributed by atoms with Crippen LogP contribution in [0.4, 0.5) is 0 Å². The molecule has 1 aliphatic heterocycles. The Balaban J connectivity index is 1.49. The van der Waals surface area contributed by atoms with E-state index in [1.54, 1.807) is 4.88 Å². The lowest BCUT2D eigenvalue weighted by molar-refractivity contribution is 0.138. The van der Waals surface area contributed by atoms with Crippen LogP contribution < -0.4 is 0 Å². The van der Waals surface area contributed by atoms with Crippen molar-refractivity contribution in [2.24, 2.45) is 0 Å². The maximum absolute atomic E-state index is 5.63. The van der Waals surface area contributed by atoms with Gasteiger partial charge in [0.25, 0.3) is 0 Å². The number of nitrogens with zero attached hydrogens (tertiary/aromatic N) is 4. The smallest absolute Gasteiger partial charge is 0.233 e. The van der Waals surface area contributed by atoms with Gasteiger partial charge in [0.1, 0.15) is 0 Å². The Morgan fingerprint density at radius 2 is 2.09 bits per heavy atom. The molecule has 1 saturated heterocycles. The maximum atomic E-state index is 5.63. The summed E-state index contributed by atoms with van der Waals surface area (Å²) in [6.45, 7) is 6.17. The van der Waals surface area contributed by atoms with Crippen molar-refractivity contribution >= 4 is 11.3 Å². The molecular formula is C17H24N4OS. The quantitative estimate of drug-likeness (QED) is 0.858. The van der Waals surface area contributed by atoms with Gasteiger partial charge in [-0.2, -0.15) is 0 Å². The first-order chi connectivity index (χ1) is 11.2. The van der Waals surface area contributed by atoms with E-state index in [-0.39, 0.29) is 6.04 Å². The monoisotopic (exact) mass is 332 g/mol. The predicted molar refractivity (Wildman–Crippen MR) is 89.8 cm³/mol. The lowest BCUT2D eigenvalue weighted by Gasteiger charge is -2.34. The Bertz CT molecular complexity index is 656. The lowest BCUT2D eigenvalue weighted by atomic mass is 9.97. The molecule has 1 fully saturated rings. The molecule has 6 heteroatoms. The van der Waals surface area contributed by atoms with E-state index in [1.165, 1.54) is 49.2 Å². The molecule has 0 radical (unpaired) electrons. The molecular weight excluding hydrogens is 308 g/mol. The molecule has 0 aromatic carbocycles. The lowest BCUT2D eigenvalue weighted by Crippen LogP contribution is -2.36. The van der Waals surface area contributed by atoms with Gasteiger partial charge in [-0.3, -0.25) is 4.90 Å². The Morgan fingerprint density at radius 3 is 2.87 bits per heavy atom. The summed E-state index contributed by atoms with van der Waals surface area (Å²) in [5, 5.41) is 9.53. The van der Waals surface area contributed by atoms with Crippen LogP contribution in [0.15, 0.2) is 4.42 Å². The summed E-state index contributed by atoms with van der Waals surface area (Å²) in [5.74, 6) is 1.94. The summed E-state index contributed by atoms with van der Waals surface area (Å²) < 4.78 is 5.63. The fraction of sp³-hybridized carbons (Fsp3) is 0.706. The predicted octanol–water partition coefficient (Wildman–Crippen LogP) is 3.65. The SMILES string of the molecule is Cc1nnc([C@@H](C)N2CCC[C@H](c3nc4c(s3)CCCC4)C2)o1. The van der Waals surface area contributed by atoms with Gasteiger partial charge in [-0.05, 0) is 52.0 Å². The van der Waals surface area contributed by atoms with Crippen LogP contribution in [0, 0.1) is 6.92 Å². The molecule has 124 valence electrons. The first-order valence-corrected chi connectivity index (χ1v) is 9.55. The number of rotatable bonds is 3. The summed E-state index contributed by atoms with van der Waals surface area (Å²) in [5.41, 5.74) is 1.38. The molecule has 2 aliphatic rings. The highest BCUT2D eigenvalue weighted by Gasteiger charge is 2.30. The van der Waals surface area contributed by atoms with Crippen LogP contribution in [0.2, 0.25) is 0 Å². The summed E-state index contributed by atoms with van der Waals surface area (Å²) in [6.07, 6.45) is 7.52. The zero-order valence-electron chi connectivity index (χ0n) is 13.9. The first kappa shape index (κ1) is 15.3. The fourth-order valence-electron chi connectivity index (χ4n) is 3.74. The normalized spacial score (nSPS) is 23.7. The molecule has 0 spiro atoms. The Labute approximate surface area is 141 Å². The highest BCUT2D eigenvalue weighted by Crippen LogP contribution is 2.36. The average Bonchev–Trinajstić information content (AvgIpc) is 3.20. The van der Waals surface area contributed by atoms with Crippen LogP contribution in [0.25, 0.3) is 0 Å². The largest absolute Gasteiger partial charge is 0.424 e. The minimum absolute atomic E-state index is 0.189. The summed E-state index contributed by atoms with van der Waals surface area (Å²) in [7, 11) is 0. The second-order valence-electron chi connectivity index (χ2n) is 6.80. The van der Waals surface area contributed by atoms with Crippen molar-refractivity contribution in [3.05, 3.63) is 27.4 Å². The van der Waals surface area contributed by atoms with E-state index < -0.39 is 0 Å². The third kappa shape index (κ3) is 3.06. The molecule has 5 nitrogen and oxygen atoms in total. The Kier molecular flexibility index (Phi) is 4.20. The number of aryl methyl sites for hydroxylation is 3. The number of hydrogen-bond donors (Lipinski definition) is 0. The second kappa shape index (κ2) is 6.32. The molecule has 1 aliphatic carbocycles. The Hall–Kier alpha value is -1.27. The van der Waals surface area contributed by atoms with Gasteiger partial charge in [-0.25, -0.2) is 4.98 Å². The molecule has 0 bridgehead atoms. The number of aromatic nitrogens is 3. The van der Waals surface area contributed by atoms with E-state index >= 15 is 0 Å². The van der Waals surface area contributed by atoms with E-state index in [1.807, 2.05) is 18.3 Å². The maximum Gasteiger partial charge on any atom is 0.233 e. The van der Waals surface area contributed by atoms with Gasteiger partial charge in [-0.15, -0.1) is 21.5 Å². The van der Waals surface area contributed by atoms with E-state index in [9.17, 15) is 0 Å². The number of thiazole rings is 1. The van der Waals surface area contributed by atoms with Crippen molar-refractivity contribution in [1.29, 1.82) is 0 Å². The minimum Gasteiger partial charge on any atom is -0.424 e. The molecule has 2 aromatic heterocycles. The number of hydrogen-bond acceptors (Lipinski definition) is 6. The topological polar surface area (TPSA) is 55.1 Å². The van der Waals surface area contributed by atoms with Crippen molar-refractivity contribution in [3.63, 3.8) is 0 Å². The van der Waals surface area contributed by atoms with Crippen molar-refractivity contribution in [2.45, 2.75) is 64.3 Å². The summed E-state index contributed by atoms with van der Waals surface area (Å²) in [6, 6.07) is 0.189. The van der Waals surface area contributed by atoms with Crippen LogP contribution in [0.5, 0.6) is 0 Å². The van der Waals surface area contributed by atoms with Crippen LogP contribution >= 0.6 is 11.3 Å². The molecule has 0 unspecified atom stereocenters. The zero-order chi connectivity index (χ0) is 15.8. The van der Waals surface area contributed by atoms with Crippen LogP contribution in [-0.4, -0.2) is 33.2 Å². The molecule has 0 amide bonds. The first-order valence-electron chi connectivity index (χ1n) is 8.73. The van der Waals surface area contributed by atoms with E-state index in [0.29, 0.717) is 11.8 Å². The van der Waals surface area contributed by atoms with Gasteiger partial charge >= 0.3 is 0 Å². The fourth-order valence-corrected chi connectivity index (χ4v) is 5.02. The van der Waals surface area contributed by atoms with Gasteiger partial charge in [0.2, 0.25) is 11.8 Å². The van der Waals surface area contributed by atoms with Gasteiger partial charge < -0.3 is 4.42 Å². The van der Waals surface area contributed by atoms with Gasteiger partial charge in [-0.1, -0.05) is 0 Å². The van der Waals surface area contributed by atoms with Gasteiger partial charge in [0.05, 0.1) is 16.7 Å². The standard InChI is InChI=1S/C17H24N4OS/c1-11(16-20-19-12(2)22-16)21-9-5-6-13(10-21)17-18-14-7-3-4-8-15(14)23-17/h11,13H,3-10H2,1-2H3/t11-,13+/m1/s1. The molecule has 3 heterocycles. The van der Waals surface area contributed by atoms with Crippen molar-refractivity contribution in [3.8, 4) is 0 Å². The summed E-state index contributed by atoms with van der Waals surface area (Å²) >= 11 is 1.97. The number of likely N-dealkylation sites (tertiary alicyclic amines) is 1. The van der Waals surface area contributed by atoms with Crippen molar-refractivity contribution < 1.29 is 4.42 Å². The van der Waals surface area contributed by atoms with Gasteiger partial charge in [0.15, 0.2) is 0 Å². The molecule has 23 heavy (non-hydrogen) atoms.